The van der Waals surface area contributed by atoms with E-state index < -0.39 is 28.9 Å². The summed E-state index contributed by atoms with van der Waals surface area (Å²) in [6.07, 6.45) is 21.3. The molecule has 4 aliphatic rings. The molecule has 0 nitrogen and oxygen atoms in total. The van der Waals surface area contributed by atoms with Gasteiger partial charge in [0.1, 0.15) is 0 Å². The van der Waals surface area contributed by atoms with Gasteiger partial charge in [-0.05, 0) is 48.9 Å². The number of fused-ring (bicyclic) bond motifs is 2. The Morgan fingerprint density at radius 1 is 0.692 bits per heavy atom. The Balaban J connectivity index is 0.000000613. The average Bonchev–Trinajstić information content (AvgIpc) is 3.19. The van der Waals surface area contributed by atoms with E-state index >= 15 is 0 Å². The Bertz CT molecular complexity index is 588. The second kappa shape index (κ2) is 9.36. The number of allylic oxidation sites excluding steroid dienone is 8. The van der Waals surface area contributed by atoms with Crippen molar-refractivity contribution in [3.05, 3.63) is 107 Å². The van der Waals surface area contributed by atoms with Crippen molar-refractivity contribution in [3.8, 4) is 0 Å². The van der Waals surface area contributed by atoms with Crippen molar-refractivity contribution in [1.82, 2.24) is 0 Å². The Hall–Kier alpha value is 1.22. The summed E-state index contributed by atoms with van der Waals surface area (Å²) in [5, 5.41) is 1.59. The van der Waals surface area contributed by atoms with Crippen molar-refractivity contribution in [2.75, 3.05) is 0 Å². The second-order valence-corrected chi connectivity index (χ2v) is 15.6. The summed E-state index contributed by atoms with van der Waals surface area (Å²) < 4.78 is 0. The van der Waals surface area contributed by atoms with Gasteiger partial charge in [-0.25, -0.2) is 0 Å². The molecule has 0 unspecified atom stereocenters. The van der Waals surface area contributed by atoms with Gasteiger partial charge in [-0.3, -0.25) is 0 Å². The van der Waals surface area contributed by atoms with E-state index in [9.17, 15) is 0 Å². The third-order valence-corrected chi connectivity index (χ3v) is 8.85. The molecule has 0 amide bonds. The first kappa shape index (κ1) is 21.9. The molecule has 2 saturated carbocycles. The maximum absolute atomic E-state index is 6.13. The third-order valence-electron chi connectivity index (χ3n) is 4.81. The van der Waals surface area contributed by atoms with Crippen molar-refractivity contribution in [1.29, 1.82) is 0 Å². The molecule has 0 N–H and O–H groups in total. The van der Waals surface area contributed by atoms with Crippen LogP contribution in [0.1, 0.15) is 0 Å². The second-order valence-electron chi connectivity index (χ2n) is 6.65. The molecular formula is C20H16Cl4SiZr+2. The van der Waals surface area contributed by atoms with Crippen molar-refractivity contribution >= 4 is 48.3 Å². The Morgan fingerprint density at radius 3 is 1.46 bits per heavy atom. The van der Waals surface area contributed by atoms with E-state index in [0.717, 1.165) is 10.1 Å². The zero-order valence-electron chi connectivity index (χ0n) is 14.3. The molecule has 0 aromatic heterocycles. The van der Waals surface area contributed by atoms with Crippen LogP contribution in [0.25, 0.3) is 0 Å². The average molecular weight is 517 g/mol. The fourth-order valence-corrected chi connectivity index (χ4v) is 7.05. The van der Waals surface area contributed by atoms with Crippen LogP contribution in [-0.4, -0.2) is 8.07 Å². The van der Waals surface area contributed by atoms with E-state index in [1.165, 1.54) is 34.8 Å². The van der Waals surface area contributed by atoms with Crippen LogP contribution in [0, 0.1) is 60.4 Å². The number of hydrogen-bond donors (Lipinski definition) is 0. The number of rotatable bonds is 2. The molecule has 10 radical (unpaired) electrons. The summed E-state index contributed by atoms with van der Waals surface area (Å²) in [6.45, 7) is 4.83. The predicted octanol–water partition coefficient (Wildman–Crippen LogP) is 6.83. The van der Waals surface area contributed by atoms with Crippen molar-refractivity contribution in [3.63, 3.8) is 0 Å². The van der Waals surface area contributed by atoms with Crippen LogP contribution in [0.3, 0.4) is 0 Å². The molecule has 0 saturated heterocycles. The summed E-state index contributed by atoms with van der Waals surface area (Å²) in [6, 6.07) is 0. The monoisotopic (exact) mass is 514 g/mol. The predicted molar refractivity (Wildman–Crippen MR) is 112 cm³/mol. The van der Waals surface area contributed by atoms with Crippen LogP contribution in [0.2, 0.25) is 13.1 Å². The van der Waals surface area contributed by atoms with Gasteiger partial charge in [0.25, 0.3) is 0 Å². The fourth-order valence-electron chi connectivity index (χ4n) is 3.59. The molecule has 0 bridgehead atoms. The SMILES string of the molecule is C[Si](C)([C]1[CH][CH][C]2C=C(Cl)C=C[C]21)[C]1[CH][CH][C]2C=C(Cl)C=C[C]21.[Cl][Zr+2][Cl]. The van der Waals surface area contributed by atoms with Gasteiger partial charge >= 0.3 is 37.9 Å². The van der Waals surface area contributed by atoms with Gasteiger partial charge in [0.15, 0.2) is 0 Å². The molecular weight excluding hydrogens is 501 g/mol. The third kappa shape index (κ3) is 4.52. The van der Waals surface area contributed by atoms with Gasteiger partial charge in [-0.15, -0.1) is 0 Å². The van der Waals surface area contributed by atoms with Crippen molar-refractivity contribution < 1.29 is 20.8 Å². The number of hydrogen-bond acceptors (Lipinski definition) is 0. The van der Waals surface area contributed by atoms with Crippen LogP contribution in [-0.2, 0) is 20.8 Å². The molecule has 0 atom stereocenters. The molecule has 26 heavy (non-hydrogen) atoms. The molecule has 0 aromatic rings. The minimum absolute atomic E-state index is 0.794. The van der Waals surface area contributed by atoms with Gasteiger partial charge in [-0.1, -0.05) is 60.6 Å². The fraction of sp³-hybridized carbons (Fsp3) is 0.100. The first-order valence-electron chi connectivity index (χ1n) is 8.05. The summed E-state index contributed by atoms with van der Waals surface area (Å²) in [4.78, 5) is 0. The van der Waals surface area contributed by atoms with Crippen LogP contribution in [0.4, 0.5) is 0 Å². The van der Waals surface area contributed by atoms with Crippen LogP contribution in [0.5, 0.6) is 0 Å². The Morgan fingerprint density at radius 2 is 1.08 bits per heavy atom. The first-order chi connectivity index (χ1) is 12.4. The van der Waals surface area contributed by atoms with Gasteiger partial charge in [0.2, 0.25) is 0 Å². The normalized spacial score (nSPS) is 25.3. The Labute approximate surface area is 187 Å². The van der Waals surface area contributed by atoms with Gasteiger partial charge in [0, 0.05) is 33.7 Å². The van der Waals surface area contributed by atoms with E-state index in [-0.39, 0.29) is 0 Å². The topological polar surface area (TPSA) is 0 Å². The zero-order valence-corrected chi connectivity index (χ0v) is 20.8. The van der Waals surface area contributed by atoms with E-state index in [1.54, 1.807) is 0 Å². The quantitative estimate of drug-likeness (QED) is 0.353. The minimum atomic E-state index is -1.80. The van der Waals surface area contributed by atoms with Crippen LogP contribution < -0.4 is 0 Å². The summed E-state index contributed by atoms with van der Waals surface area (Å²) in [5.41, 5.74) is 2.93. The van der Waals surface area contributed by atoms with E-state index in [2.05, 4.69) is 50.9 Å². The molecule has 0 aliphatic heterocycles. The molecule has 6 heteroatoms. The molecule has 2 fully saturated rings. The maximum atomic E-state index is 6.13. The Kier molecular flexibility index (Phi) is 7.89. The van der Waals surface area contributed by atoms with Crippen LogP contribution >= 0.6 is 40.2 Å². The molecule has 0 heterocycles. The first-order valence-corrected chi connectivity index (χ1v) is 18.1. The summed E-state index contributed by atoms with van der Waals surface area (Å²) in [7, 11) is 8.07. The van der Waals surface area contributed by atoms with E-state index in [1.807, 2.05) is 24.3 Å². The molecule has 4 aliphatic carbocycles. The van der Waals surface area contributed by atoms with E-state index in [4.69, 9.17) is 40.2 Å². The van der Waals surface area contributed by atoms with Crippen LogP contribution in [0.15, 0.2) is 46.5 Å². The van der Waals surface area contributed by atoms with Gasteiger partial charge < -0.3 is 0 Å². The van der Waals surface area contributed by atoms with Crippen molar-refractivity contribution in [2.24, 2.45) is 0 Å². The standard InChI is InChI=1S/C20H16Cl2Si.2ClH.Zr/c1-23(2,19-9-3-13-11-15(21)5-7-17(13)19)20-10-4-14-12-16(22)6-8-18(14)20;;;/h3-12H,1-2H3;2*1H;/q;;;+4/p-2. The molecule has 0 spiro atoms. The van der Waals surface area contributed by atoms with Crippen molar-refractivity contribution in [2.45, 2.75) is 13.1 Å². The number of halogens is 4. The summed E-state index contributed by atoms with van der Waals surface area (Å²) >= 11 is 11.4. The van der Waals surface area contributed by atoms with Gasteiger partial charge in [0.05, 0.1) is 8.07 Å². The molecule has 130 valence electrons. The van der Waals surface area contributed by atoms with Gasteiger partial charge in [-0.2, -0.15) is 0 Å². The zero-order chi connectivity index (χ0) is 18.9. The molecule has 0 aromatic carbocycles. The summed E-state index contributed by atoms with van der Waals surface area (Å²) in [5.74, 6) is 5.11. The molecule has 4 rings (SSSR count). The van der Waals surface area contributed by atoms with E-state index in [0.29, 0.717) is 0 Å².